The number of ether oxygens (including phenoxy) is 2. The first-order chi connectivity index (χ1) is 17.9. The first-order valence-electron chi connectivity index (χ1n) is 12.3. The van der Waals surface area contributed by atoms with Crippen molar-refractivity contribution in [3.8, 4) is 5.75 Å². The van der Waals surface area contributed by atoms with Crippen LogP contribution >= 0.6 is 11.6 Å². The zero-order valence-corrected chi connectivity index (χ0v) is 21.5. The normalized spacial score (nSPS) is 16.2. The monoisotopic (exact) mass is 525 g/mol. The van der Waals surface area contributed by atoms with E-state index >= 15 is 0 Å². The average Bonchev–Trinajstić information content (AvgIpc) is 3.22. The zero-order valence-electron chi connectivity index (χ0n) is 20.8. The van der Waals surface area contributed by atoms with E-state index in [9.17, 15) is 9.18 Å². The van der Waals surface area contributed by atoms with Crippen LogP contribution in [0.2, 0.25) is 0 Å². The second kappa shape index (κ2) is 10.5. The average molecular weight is 526 g/mol. The Balaban J connectivity index is 1.33. The number of carbonyl (C=O) groups excluding carboxylic acids is 1. The van der Waals surface area contributed by atoms with Gasteiger partial charge in [-0.2, -0.15) is 4.98 Å². The quantitative estimate of drug-likeness (QED) is 0.281. The molecule has 1 unspecified atom stereocenters. The van der Waals surface area contributed by atoms with Crippen LogP contribution in [0.4, 0.5) is 33.2 Å². The SMILES string of the molecule is COCCOc1ccc(Nc2ncc(F)c(Nc3ccc4c(c3)N(C(=O)C(C)Cl)CC43CCC3)n2)cc1. The number of nitrogens with one attached hydrogen (secondary N) is 2. The topological polar surface area (TPSA) is 88.6 Å². The number of benzene rings is 2. The summed E-state index contributed by atoms with van der Waals surface area (Å²) in [5.41, 5.74) is 3.32. The largest absolute Gasteiger partial charge is 0.491 e. The van der Waals surface area contributed by atoms with E-state index in [4.69, 9.17) is 21.1 Å². The number of fused-ring (bicyclic) bond motifs is 2. The second-order valence-electron chi connectivity index (χ2n) is 9.41. The molecule has 0 radical (unpaired) electrons. The van der Waals surface area contributed by atoms with Gasteiger partial charge in [-0.15, -0.1) is 11.6 Å². The fourth-order valence-corrected chi connectivity index (χ4v) is 4.97. The van der Waals surface area contributed by atoms with Crippen molar-refractivity contribution < 1.29 is 18.7 Å². The standard InChI is InChI=1S/C27H29ClFN5O3/c1-17(28)25(35)34-16-27(10-3-11-27)21-9-6-19(14-23(21)34)31-24-22(29)15-30-26(33-24)32-18-4-7-20(8-5-18)37-13-12-36-2/h4-9,14-15,17H,3,10-13,16H2,1-2H3,(H2,30,31,32,33). The fraction of sp³-hybridized carbons (Fsp3) is 0.370. The molecule has 5 rings (SSSR count). The van der Waals surface area contributed by atoms with Crippen LogP contribution < -0.4 is 20.3 Å². The van der Waals surface area contributed by atoms with Crippen molar-refractivity contribution >= 4 is 46.3 Å². The minimum absolute atomic E-state index is 0.00305. The number of hydrogen-bond acceptors (Lipinski definition) is 7. The maximum atomic E-state index is 14.6. The van der Waals surface area contributed by atoms with Gasteiger partial charge in [-0.05, 0) is 61.7 Å². The van der Waals surface area contributed by atoms with Crippen molar-refractivity contribution in [2.75, 3.05) is 42.4 Å². The third kappa shape index (κ3) is 5.19. The number of amides is 1. The van der Waals surface area contributed by atoms with Crippen LogP contribution in [-0.4, -0.2) is 48.1 Å². The fourth-order valence-electron chi connectivity index (χ4n) is 4.85. The third-order valence-corrected chi connectivity index (χ3v) is 7.10. The lowest BCUT2D eigenvalue weighted by Crippen LogP contribution is -2.43. The molecule has 0 saturated heterocycles. The van der Waals surface area contributed by atoms with Gasteiger partial charge >= 0.3 is 0 Å². The van der Waals surface area contributed by atoms with E-state index < -0.39 is 11.2 Å². The summed E-state index contributed by atoms with van der Waals surface area (Å²) in [6.07, 6.45) is 4.34. The van der Waals surface area contributed by atoms with Crippen LogP contribution in [0.25, 0.3) is 0 Å². The van der Waals surface area contributed by atoms with Crippen molar-refractivity contribution in [1.29, 1.82) is 0 Å². The van der Waals surface area contributed by atoms with Gasteiger partial charge in [0.15, 0.2) is 11.6 Å². The van der Waals surface area contributed by atoms with E-state index in [1.54, 1.807) is 18.9 Å². The first-order valence-corrected chi connectivity index (χ1v) is 12.7. The smallest absolute Gasteiger partial charge is 0.244 e. The predicted octanol–water partition coefficient (Wildman–Crippen LogP) is 5.52. The first kappa shape index (κ1) is 25.2. The van der Waals surface area contributed by atoms with Gasteiger partial charge in [-0.1, -0.05) is 12.5 Å². The van der Waals surface area contributed by atoms with Crippen molar-refractivity contribution in [2.45, 2.75) is 37.0 Å². The van der Waals surface area contributed by atoms with E-state index in [1.807, 2.05) is 42.5 Å². The molecule has 1 aromatic heterocycles. The van der Waals surface area contributed by atoms with Gasteiger partial charge in [-0.3, -0.25) is 4.79 Å². The van der Waals surface area contributed by atoms with Crippen LogP contribution in [0.3, 0.4) is 0 Å². The Labute approximate surface area is 220 Å². The number of rotatable bonds is 9. The number of halogens is 2. The molecular weight excluding hydrogens is 497 g/mol. The van der Waals surface area contributed by atoms with Crippen molar-refractivity contribution in [1.82, 2.24) is 9.97 Å². The van der Waals surface area contributed by atoms with Crippen LogP contribution in [0.15, 0.2) is 48.7 Å². The summed E-state index contributed by atoms with van der Waals surface area (Å²) >= 11 is 6.15. The Kier molecular flexibility index (Phi) is 7.17. The van der Waals surface area contributed by atoms with E-state index in [1.165, 1.54) is 0 Å². The number of methoxy groups -OCH3 is 1. The maximum Gasteiger partial charge on any atom is 0.244 e. The molecule has 194 valence electrons. The molecule has 1 fully saturated rings. The van der Waals surface area contributed by atoms with Gasteiger partial charge < -0.3 is 25.0 Å². The molecule has 1 atom stereocenters. The predicted molar refractivity (Wildman–Crippen MR) is 142 cm³/mol. The summed E-state index contributed by atoms with van der Waals surface area (Å²) in [6, 6.07) is 13.1. The third-order valence-electron chi connectivity index (χ3n) is 6.91. The molecule has 2 N–H and O–H groups in total. The highest BCUT2D eigenvalue weighted by molar-refractivity contribution is 6.32. The number of anilines is 5. The van der Waals surface area contributed by atoms with Crippen LogP contribution in [0, 0.1) is 5.82 Å². The molecule has 3 aromatic rings. The number of alkyl halides is 1. The molecule has 10 heteroatoms. The highest BCUT2D eigenvalue weighted by Gasteiger charge is 2.48. The van der Waals surface area contributed by atoms with Crippen LogP contribution in [0.5, 0.6) is 5.75 Å². The zero-order chi connectivity index (χ0) is 26.0. The Hall–Kier alpha value is -3.43. The van der Waals surface area contributed by atoms with E-state index in [0.29, 0.717) is 31.2 Å². The molecule has 1 aliphatic carbocycles. The molecule has 1 amide bonds. The van der Waals surface area contributed by atoms with E-state index in [-0.39, 0.29) is 23.1 Å². The minimum Gasteiger partial charge on any atom is -0.491 e. The summed E-state index contributed by atoms with van der Waals surface area (Å²) in [6.45, 7) is 3.28. The molecule has 2 heterocycles. The second-order valence-corrected chi connectivity index (χ2v) is 10.1. The van der Waals surface area contributed by atoms with E-state index in [0.717, 1.165) is 42.4 Å². The van der Waals surface area contributed by atoms with Gasteiger partial charge in [0.1, 0.15) is 17.7 Å². The Morgan fingerprint density at radius 2 is 1.92 bits per heavy atom. The summed E-state index contributed by atoms with van der Waals surface area (Å²) in [4.78, 5) is 23.0. The molecule has 0 bridgehead atoms. The Morgan fingerprint density at radius 1 is 1.16 bits per heavy atom. The summed E-state index contributed by atoms with van der Waals surface area (Å²) in [5.74, 6) is 0.252. The van der Waals surface area contributed by atoms with Gasteiger partial charge in [-0.25, -0.2) is 9.37 Å². The summed E-state index contributed by atoms with van der Waals surface area (Å²) in [7, 11) is 1.62. The van der Waals surface area contributed by atoms with Crippen molar-refractivity contribution in [3.63, 3.8) is 0 Å². The maximum absolute atomic E-state index is 14.6. The Bertz CT molecular complexity index is 1280. The lowest BCUT2D eigenvalue weighted by molar-refractivity contribution is -0.118. The molecular formula is C27H29ClFN5O3. The molecule has 1 spiro atoms. The Morgan fingerprint density at radius 3 is 2.59 bits per heavy atom. The molecule has 8 nitrogen and oxygen atoms in total. The van der Waals surface area contributed by atoms with Crippen LogP contribution in [0.1, 0.15) is 31.7 Å². The molecule has 2 aromatic carbocycles. The van der Waals surface area contributed by atoms with Gasteiger partial charge in [0.25, 0.3) is 0 Å². The number of nitrogens with zero attached hydrogens (tertiary/aromatic N) is 3. The molecule has 2 aliphatic rings. The highest BCUT2D eigenvalue weighted by atomic mass is 35.5. The lowest BCUT2D eigenvalue weighted by Gasteiger charge is -2.39. The van der Waals surface area contributed by atoms with Crippen molar-refractivity contribution in [2.24, 2.45) is 0 Å². The molecule has 1 aliphatic heterocycles. The molecule has 37 heavy (non-hydrogen) atoms. The number of aromatic nitrogens is 2. The van der Waals surface area contributed by atoms with Gasteiger partial charge in [0, 0.05) is 36.1 Å². The van der Waals surface area contributed by atoms with Gasteiger partial charge in [0.2, 0.25) is 11.9 Å². The number of carbonyl (C=O) groups is 1. The van der Waals surface area contributed by atoms with E-state index in [2.05, 4.69) is 20.6 Å². The minimum atomic E-state index is -0.626. The summed E-state index contributed by atoms with van der Waals surface area (Å²) < 4.78 is 25.2. The lowest BCUT2D eigenvalue weighted by atomic mass is 9.66. The number of hydrogen-bond donors (Lipinski definition) is 2. The van der Waals surface area contributed by atoms with Crippen LogP contribution in [-0.2, 0) is 14.9 Å². The summed E-state index contributed by atoms with van der Waals surface area (Å²) in [5, 5.41) is 5.50. The molecule has 1 saturated carbocycles. The van der Waals surface area contributed by atoms with Gasteiger partial charge in [0.05, 0.1) is 12.8 Å². The van der Waals surface area contributed by atoms with Crippen molar-refractivity contribution in [3.05, 3.63) is 60.0 Å². The highest BCUT2D eigenvalue weighted by Crippen LogP contribution is 2.53.